The highest BCUT2D eigenvalue weighted by atomic mass is 19.1. The molecule has 0 bridgehead atoms. The number of rotatable bonds is 4. The van der Waals surface area contributed by atoms with Crippen molar-refractivity contribution in [2.75, 3.05) is 12.3 Å². The summed E-state index contributed by atoms with van der Waals surface area (Å²) in [6.45, 7) is 2.43. The molecule has 0 aliphatic heterocycles. The first-order valence-corrected chi connectivity index (χ1v) is 5.75. The van der Waals surface area contributed by atoms with Crippen LogP contribution in [0.25, 0.3) is 0 Å². The van der Waals surface area contributed by atoms with Crippen LogP contribution in [-0.2, 0) is 0 Å². The summed E-state index contributed by atoms with van der Waals surface area (Å²) >= 11 is 0. The summed E-state index contributed by atoms with van der Waals surface area (Å²) in [5, 5.41) is 0. The van der Waals surface area contributed by atoms with E-state index in [-0.39, 0.29) is 11.4 Å². The van der Waals surface area contributed by atoms with Crippen molar-refractivity contribution in [2.45, 2.75) is 6.92 Å². The Morgan fingerprint density at radius 1 is 1.05 bits per heavy atom. The molecule has 0 aliphatic carbocycles. The Balaban J connectivity index is 2.21. The maximum Gasteiger partial charge on any atom is 0.156 e. The van der Waals surface area contributed by atoms with Gasteiger partial charge in [0.05, 0.1) is 6.61 Å². The fraction of sp³-hybridized carbons (Fsp3) is 0.143. The van der Waals surface area contributed by atoms with Crippen LogP contribution in [0.4, 0.5) is 14.5 Å². The topological polar surface area (TPSA) is 44.5 Å². The molecule has 0 heterocycles. The minimum Gasteiger partial charge on any atom is -0.494 e. The van der Waals surface area contributed by atoms with Gasteiger partial charge in [-0.3, -0.25) is 0 Å². The molecule has 0 saturated heterocycles. The Morgan fingerprint density at radius 3 is 2.32 bits per heavy atom. The van der Waals surface area contributed by atoms with Crippen LogP contribution in [0.15, 0.2) is 36.4 Å². The van der Waals surface area contributed by atoms with Crippen molar-refractivity contribution in [3.05, 3.63) is 48.0 Å². The summed E-state index contributed by atoms with van der Waals surface area (Å²) < 4.78 is 36.9. The lowest BCUT2D eigenvalue weighted by Gasteiger charge is -2.10. The first-order chi connectivity index (χ1) is 9.10. The molecular formula is C14H13F2NO2. The molecule has 2 N–H and O–H groups in total. The average Bonchev–Trinajstić information content (AvgIpc) is 2.38. The van der Waals surface area contributed by atoms with Crippen molar-refractivity contribution < 1.29 is 18.3 Å². The van der Waals surface area contributed by atoms with Crippen LogP contribution in [0.5, 0.6) is 17.2 Å². The number of hydrogen-bond acceptors (Lipinski definition) is 3. The van der Waals surface area contributed by atoms with E-state index in [9.17, 15) is 8.78 Å². The zero-order valence-corrected chi connectivity index (χ0v) is 10.3. The van der Waals surface area contributed by atoms with Crippen molar-refractivity contribution in [3.8, 4) is 17.2 Å². The zero-order valence-electron chi connectivity index (χ0n) is 10.3. The third-order valence-corrected chi connectivity index (χ3v) is 2.42. The maximum absolute atomic E-state index is 13.2. The van der Waals surface area contributed by atoms with Gasteiger partial charge in [-0.25, -0.2) is 8.78 Å². The molecule has 0 radical (unpaired) electrons. The van der Waals surface area contributed by atoms with Crippen molar-refractivity contribution in [2.24, 2.45) is 0 Å². The van der Waals surface area contributed by atoms with E-state index in [1.165, 1.54) is 0 Å². The Bertz CT molecular complexity index is 570. The molecule has 0 fully saturated rings. The first-order valence-electron chi connectivity index (χ1n) is 5.75. The Morgan fingerprint density at radius 2 is 1.68 bits per heavy atom. The number of nitrogen functional groups attached to an aromatic ring is 1. The van der Waals surface area contributed by atoms with E-state index in [0.717, 1.165) is 6.07 Å². The Hall–Kier alpha value is -2.30. The summed E-state index contributed by atoms with van der Waals surface area (Å²) in [6, 6.07) is 8.41. The molecule has 100 valence electrons. The highest BCUT2D eigenvalue weighted by Crippen LogP contribution is 2.31. The number of hydrogen-bond donors (Lipinski definition) is 1. The number of anilines is 1. The van der Waals surface area contributed by atoms with E-state index in [1.807, 2.05) is 6.92 Å². The predicted octanol–water partition coefficient (Wildman–Crippen LogP) is 3.74. The minimum absolute atomic E-state index is 0.0540. The molecule has 0 aromatic heterocycles. The molecule has 2 aromatic rings. The number of nitrogens with two attached hydrogens (primary N) is 1. The van der Waals surface area contributed by atoms with Crippen LogP contribution in [-0.4, -0.2) is 6.61 Å². The molecule has 0 spiro atoms. The lowest BCUT2D eigenvalue weighted by Crippen LogP contribution is -1.97. The smallest absolute Gasteiger partial charge is 0.156 e. The Labute approximate surface area is 109 Å². The second-order valence-electron chi connectivity index (χ2n) is 3.81. The van der Waals surface area contributed by atoms with E-state index < -0.39 is 11.6 Å². The van der Waals surface area contributed by atoms with Gasteiger partial charge in [-0.2, -0.15) is 0 Å². The molecule has 3 nitrogen and oxygen atoms in total. The van der Waals surface area contributed by atoms with Gasteiger partial charge in [0.2, 0.25) is 0 Å². The van der Waals surface area contributed by atoms with E-state index >= 15 is 0 Å². The monoisotopic (exact) mass is 265 g/mol. The third-order valence-electron chi connectivity index (χ3n) is 2.42. The molecule has 2 aromatic carbocycles. The van der Waals surface area contributed by atoms with Crippen LogP contribution in [0.2, 0.25) is 0 Å². The van der Waals surface area contributed by atoms with E-state index in [1.54, 1.807) is 24.3 Å². The molecule has 2 rings (SSSR count). The number of benzene rings is 2. The van der Waals surface area contributed by atoms with Crippen LogP contribution in [0.1, 0.15) is 6.92 Å². The van der Waals surface area contributed by atoms with Crippen molar-refractivity contribution in [1.82, 2.24) is 0 Å². The highest BCUT2D eigenvalue weighted by Gasteiger charge is 2.10. The Kier molecular flexibility index (Phi) is 3.85. The SMILES string of the molecule is CCOc1ccc(Oc2cc(F)cc(F)c2N)cc1. The summed E-state index contributed by atoms with van der Waals surface area (Å²) in [6.07, 6.45) is 0. The van der Waals surface area contributed by atoms with Gasteiger partial charge in [0.1, 0.15) is 23.0 Å². The molecule has 0 saturated carbocycles. The first kappa shape index (κ1) is 13.1. The quantitative estimate of drug-likeness (QED) is 0.856. The third kappa shape index (κ3) is 3.13. The predicted molar refractivity (Wildman–Crippen MR) is 68.5 cm³/mol. The van der Waals surface area contributed by atoms with Gasteiger partial charge >= 0.3 is 0 Å². The van der Waals surface area contributed by atoms with Crippen LogP contribution in [0.3, 0.4) is 0 Å². The largest absolute Gasteiger partial charge is 0.494 e. The molecule has 0 unspecified atom stereocenters. The van der Waals surface area contributed by atoms with Crippen LogP contribution < -0.4 is 15.2 Å². The second kappa shape index (κ2) is 5.56. The number of halogens is 2. The fourth-order valence-corrected chi connectivity index (χ4v) is 1.54. The maximum atomic E-state index is 13.2. The number of ether oxygens (including phenoxy) is 2. The normalized spacial score (nSPS) is 10.3. The van der Waals surface area contributed by atoms with E-state index in [2.05, 4.69) is 0 Å². The summed E-state index contributed by atoms with van der Waals surface area (Å²) in [7, 11) is 0. The standard InChI is InChI=1S/C14H13F2NO2/c1-2-18-10-3-5-11(6-4-10)19-13-8-9(15)7-12(16)14(13)17/h3-8H,2,17H2,1H3. The second-order valence-corrected chi connectivity index (χ2v) is 3.81. The fourth-order valence-electron chi connectivity index (χ4n) is 1.54. The van der Waals surface area contributed by atoms with Gasteiger partial charge < -0.3 is 15.2 Å². The molecule has 5 heteroatoms. The zero-order chi connectivity index (χ0) is 13.8. The van der Waals surface area contributed by atoms with E-state index in [4.69, 9.17) is 15.2 Å². The van der Waals surface area contributed by atoms with Gasteiger partial charge in [0.25, 0.3) is 0 Å². The van der Waals surface area contributed by atoms with Gasteiger partial charge in [0.15, 0.2) is 11.6 Å². The average molecular weight is 265 g/mol. The van der Waals surface area contributed by atoms with Gasteiger partial charge in [-0.05, 0) is 31.2 Å². The van der Waals surface area contributed by atoms with Crippen molar-refractivity contribution >= 4 is 5.69 Å². The van der Waals surface area contributed by atoms with Crippen LogP contribution >= 0.6 is 0 Å². The highest BCUT2D eigenvalue weighted by molar-refractivity contribution is 5.55. The van der Waals surface area contributed by atoms with Crippen molar-refractivity contribution in [3.63, 3.8) is 0 Å². The summed E-state index contributed by atoms with van der Waals surface area (Å²) in [5.41, 5.74) is 5.26. The van der Waals surface area contributed by atoms with Crippen molar-refractivity contribution in [1.29, 1.82) is 0 Å². The molecule has 0 atom stereocenters. The van der Waals surface area contributed by atoms with Gasteiger partial charge in [0, 0.05) is 12.1 Å². The summed E-state index contributed by atoms with van der Waals surface area (Å²) in [4.78, 5) is 0. The van der Waals surface area contributed by atoms with Gasteiger partial charge in [-0.15, -0.1) is 0 Å². The lowest BCUT2D eigenvalue weighted by molar-refractivity contribution is 0.339. The van der Waals surface area contributed by atoms with Gasteiger partial charge in [-0.1, -0.05) is 0 Å². The molecular weight excluding hydrogens is 252 g/mol. The minimum atomic E-state index is -0.846. The van der Waals surface area contributed by atoms with Crippen LogP contribution in [0, 0.1) is 11.6 Å². The summed E-state index contributed by atoms with van der Waals surface area (Å²) in [5.74, 6) is -0.538. The lowest BCUT2D eigenvalue weighted by atomic mass is 10.2. The van der Waals surface area contributed by atoms with E-state index in [0.29, 0.717) is 24.2 Å². The molecule has 19 heavy (non-hydrogen) atoms. The molecule has 0 aliphatic rings. The molecule has 0 amide bonds.